The molecule has 0 bridgehead atoms. The van der Waals surface area contributed by atoms with Gasteiger partial charge in [0, 0.05) is 32.1 Å². The van der Waals surface area contributed by atoms with Gasteiger partial charge in [0.25, 0.3) is 0 Å². The molecular weight excluding hydrogens is 442 g/mol. The fourth-order valence-electron chi connectivity index (χ4n) is 4.29. The molecule has 0 saturated carbocycles. The summed E-state index contributed by atoms with van der Waals surface area (Å²) in [5.41, 5.74) is 0.947. The summed E-state index contributed by atoms with van der Waals surface area (Å²) in [5, 5.41) is 1.04. The molecule has 3 aliphatic heterocycles. The van der Waals surface area contributed by atoms with Crippen molar-refractivity contribution in [3.05, 3.63) is 29.8 Å². The number of hydrogen-bond donors (Lipinski definition) is 0. The third-order valence-corrected chi connectivity index (χ3v) is 7.83. The summed E-state index contributed by atoms with van der Waals surface area (Å²) in [6.45, 7) is 10.0. The van der Waals surface area contributed by atoms with Gasteiger partial charge in [-0.05, 0) is 38.0 Å². The Morgan fingerprint density at radius 3 is 2.58 bits per heavy atom. The summed E-state index contributed by atoms with van der Waals surface area (Å²) in [7, 11) is 1.66. The van der Waals surface area contributed by atoms with E-state index in [1.807, 2.05) is 38.1 Å². The van der Waals surface area contributed by atoms with Gasteiger partial charge in [0.15, 0.2) is 5.17 Å². The molecule has 8 nitrogen and oxygen atoms in total. The number of benzene rings is 1. The largest absolute Gasteiger partial charge is 0.497 e. The van der Waals surface area contributed by atoms with Crippen molar-refractivity contribution in [2.45, 2.75) is 57.5 Å². The fourth-order valence-corrected chi connectivity index (χ4v) is 5.57. The van der Waals surface area contributed by atoms with E-state index in [0.717, 1.165) is 29.6 Å². The highest BCUT2D eigenvalue weighted by Gasteiger charge is 2.49. The highest BCUT2D eigenvalue weighted by Crippen LogP contribution is 2.41. The smallest absolute Gasteiger partial charge is 0.409 e. The Hall–Kier alpha value is -1.97. The van der Waals surface area contributed by atoms with Gasteiger partial charge in [0.2, 0.25) is 0 Å². The van der Waals surface area contributed by atoms with Gasteiger partial charge in [-0.15, -0.1) is 0 Å². The van der Waals surface area contributed by atoms with E-state index in [0.29, 0.717) is 19.7 Å². The molecule has 1 aromatic rings. The molecule has 33 heavy (non-hydrogen) atoms. The fraction of sp³-hybridized carbons (Fsp3) is 0.667. The summed E-state index contributed by atoms with van der Waals surface area (Å²) >= 11 is 1.67. The van der Waals surface area contributed by atoms with Gasteiger partial charge in [0.1, 0.15) is 23.8 Å². The highest BCUT2D eigenvalue weighted by molar-refractivity contribution is 8.14. The Balaban J connectivity index is 1.45. The number of ether oxygens (including phenoxy) is 4. The van der Waals surface area contributed by atoms with Gasteiger partial charge in [-0.25, -0.2) is 4.79 Å². The zero-order valence-electron chi connectivity index (χ0n) is 19.9. The summed E-state index contributed by atoms with van der Waals surface area (Å²) in [6.07, 6.45) is 0.526. The molecule has 0 aliphatic carbocycles. The van der Waals surface area contributed by atoms with E-state index >= 15 is 0 Å². The summed E-state index contributed by atoms with van der Waals surface area (Å²) < 4.78 is 23.8. The number of nitrogens with zero attached hydrogens (tertiary/aromatic N) is 3. The quantitative estimate of drug-likeness (QED) is 0.566. The normalized spacial score (nSPS) is 28.5. The monoisotopic (exact) mass is 477 g/mol. The zero-order chi connectivity index (χ0) is 23.4. The van der Waals surface area contributed by atoms with Crippen LogP contribution in [-0.2, 0) is 20.8 Å². The lowest BCUT2D eigenvalue weighted by Crippen LogP contribution is -2.53. The number of amides is 1. The summed E-state index contributed by atoms with van der Waals surface area (Å²) in [6, 6.07) is 7.84. The second-order valence-electron chi connectivity index (χ2n) is 8.64. The van der Waals surface area contributed by atoms with Crippen molar-refractivity contribution in [2.24, 2.45) is 10.9 Å². The standard InChI is InChI=1S/C24H35N3O5S/c1-5-26(6-2)24(28)31-15-19-16(3)21(30-14-17-8-10-18(29-4)11-9-17)20-22(32-19)33-23(25-20)27-12-7-13-27/h8-11,16,19-22H,5-7,12-15H2,1-4H3/t16-,19-,20-,21+,22-/m1/s1. The molecule has 0 spiro atoms. The average Bonchev–Trinajstić information content (AvgIpc) is 3.20. The maximum absolute atomic E-state index is 12.4. The van der Waals surface area contributed by atoms with E-state index < -0.39 is 0 Å². The maximum atomic E-state index is 12.4. The number of methoxy groups -OCH3 is 1. The van der Waals surface area contributed by atoms with Gasteiger partial charge in [-0.1, -0.05) is 30.8 Å². The van der Waals surface area contributed by atoms with Crippen LogP contribution >= 0.6 is 11.8 Å². The number of rotatable bonds is 8. The molecule has 3 heterocycles. The molecule has 0 radical (unpaired) electrons. The van der Waals surface area contributed by atoms with Gasteiger partial charge in [-0.2, -0.15) is 0 Å². The first-order valence-corrected chi connectivity index (χ1v) is 12.7. The lowest BCUT2D eigenvalue weighted by molar-refractivity contribution is -0.149. The van der Waals surface area contributed by atoms with Crippen LogP contribution in [0.1, 0.15) is 32.8 Å². The molecule has 0 unspecified atom stereocenters. The van der Waals surface area contributed by atoms with Gasteiger partial charge >= 0.3 is 6.09 Å². The zero-order valence-corrected chi connectivity index (χ0v) is 20.8. The molecule has 0 aromatic heterocycles. The van der Waals surface area contributed by atoms with E-state index in [4.69, 9.17) is 23.9 Å². The number of fused-ring (bicyclic) bond motifs is 1. The summed E-state index contributed by atoms with van der Waals surface area (Å²) in [5.74, 6) is 0.846. The van der Waals surface area contributed by atoms with E-state index in [9.17, 15) is 4.79 Å². The van der Waals surface area contributed by atoms with Crippen molar-refractivity contribution in [1.82, 2.24) is 9.80 Å². The minimum Gasteiger partial charge on any atom is -0.497 e. The van der Waals surface area contributed by atoms with Crippen molar-refractivity contribution in [3.8, 4) is 5.75 Å². The molecule has 2 fully saturated rings. The minimum atomic E-state index is -0.301. The first-order valence-electron chi connectivity index (χ1n) is 11.8. The van der Waals surface area contributed by atoms with E-state index in [2.05, 4.69) is 11.8 Å². The Morgan fingerprint density at radius 1 is 1.24 bits per heavy atom. The molecule has 9 heteroatoms. The SMILES string of the molecule is CCN(CC)C(=O)OC[C@H]1O[C@@H]2SC(N3CCC3)=N[C@@H]2[C@@H](OCc2ccc(OC)cc2)[C@@H]1C. The van der Waals surface area contributed by atoms with Crippen LogP contribution in [0.15, 0.2) is 29.3 Å². The summed E-state index contributed by atoms with van der Waals surface area (Å²) in [4.78, 5) is 21.4. The number of likely N-dealkylation sites (tertiary alicyclic amines) is 1. The van der Waals surface area contributed by atoms with Gasteiger partial charge < -0.3 is 28.7 Å². The van der Waals surface area contributed by atoms with Crippen LogP contribution in [0, 0.1) is 5.92 Å². The van der Waals surface area contributed by atoms with Crippen LogP contribution in [0.3, 0.4) is 0 Å². The highest BCUT2D eigenvalue weighted by atomic mass is 32.2. The average molecular weight is 478 g/mol. The Kier molecular flexibility index (Phi) is 8.03. The predicted octanol–water partition coefficient (Wildman–Crippen LogP) is 3.60. The number of carbonyl (C=O) groups is 1. The minimum absolute atomic E-state index is 0.0223. The molecule has 2 saturated heterocycles. The van der Waals surface area contributed by atoms with Crippen molar-refractivity contribution in [1.29, 1.82) is 0 Å². The number of aliphatic imine (C=N–C) groups is 1. The molecule has 182 valence electrons. The lowest BCUT2D eigenvalue weighted by atomic mass is 9.90. The second-order valence-corrected chi connectivity index (χ2v) is 9.70. The molecule has 3 aliphatic rings. The van der Waals surface area contributed by atoms with Crippen LogP contribution in [0.4, 0.5) is 4.79 Å². The Morgan fingerprint density at radius 2 is 1.97 bits per heavy atom. The second kappa shape index (κ2) is 11.0. The molecular formula is C24H35N3O5S. The van der Waals surface area contributed by atoms with Crippen LogP contribution in [0.5, 0.6) is 5.75 Å². The van der Waals surface area contributed by atoms with Crippen molar-refractivity contribution < 1.29 is 23.7 Å². The van der Waals surface area contributed by atoms with E-state index in [-0.39, 0.29) is 42.3 Å². The molecule has 1 amide bonds. The van der Waals surface area contributed by atoms with Crippen molar-refractivity contribution in [3.63, 3.8) is 0 Å². The van der Waals surface area contributed by atoms with Gasteiger partial charge in [-0.3, -0.25) is 4.99 Å². The topological polar surface area (TPSA) is 72.8 Å². The molecule has 0 N–H and O–H groups in total. The number of hydrogen-bond acceptors (Lipinski definition) is 8. The van der Waals surface area contributed by atoms with E-state index in [1.165, 1.54) is 6.42 Å². The predicted molar refractivity (Wildman–Crippen MR) is 129 cm³/mol. The number of amidine groups is 1. The molecule has 1 aromatic carbocycles. The van der Waals surface area contributed by atoms with Crippen LogP contribution in [0.25, 0.3) is 0 Å². The van der Waals surface area contributed by atoms with Gasteiger partial charge in [0.05, 0.1) is 25.9 Å². The lowest BCUT2D eigenvalue weighted by Gasteiger charge is -2.41. The first-order chi connectivity index (χ1) is 16.0. The Labute approximate surface area is 200 Å². The van der Waals surface area contributed by atoms with Crippen LogP contribution in [0.2, 0.25) is 0 Å². The van der Waals surface area contributed by atoms with Crippen molar-refractivity contribution >= 4 is 23.0 Å². The van der Waals surface area contributed by atoms with E-state index in [1.54, 1.807) is 23.8 Å². The van der Waals surface area contributed by atoms with Crippen molar-refractivity contribution in [2.75, 3.05) is 39.9 Å². The van der Waals surface area contributed by atoms with Crippen LogP contribution < -0.4 is 4.74 Å². The molecule has 4 rings (SSSR count). The maximum Gasteiger partial charge on any atom is 0.409 e. The third kappa shape index (κ3) is 5.41. The first kappa shape index (κ1) is 24.2. The Bertz CT molecular complexity index is 828. The third-order valence-electron chi connectivity index (χ3n) is 6.63. The molecule has 5 atom stereocenters. The van der Waals surface area contributed by atoms with Crippen LogP contribution in [-0.4, -0.2) is 84.6 Å². The number of thioether (sulfide) groups is 1. The number of carbonyl (C=O) groups excluding carboxylic acids is 1.